The van der Waals surface area contributed by atoms with Crippen molar-refractivity contribution in [2.24, 2.45) is 0 Å². The van der Waals surface area contributed by atoms with Crippen LogP contribution < -0.4 is 10.4 Å². The van der Waals surface area contributed by atoms with Gasteiger partial charge in [0, 0.05) is 11.4 Å². The number of anilines is 1. The van der Waals surface area contributed by atoms with Gasteiger partial charge in [-0.05, 0) is 12.1 Å². The number of aliphatic carboxylic acids is 1. The third kappa shape index (κ3) is 5.07. The van der Waals surface area contributed by atoms with Crippen LogP contribution in [0.2, 0.25) is 0 Å². The fourth-order valence-electron chi connectivity index (χ4n) is 0.946. The lowest BCUT2D eigenvalue weighted by atomic mass is 10.3. The Morgan fingerprint density at radius 1 is 1.20 bits per heavy atom. The highest BCUT2D eigenvalue weighted by Crippen LogP contribution is 2.06. The van der Waals surface area contributed by atoms with E-state index in [0.29, 0.717) is 5.69 Å². The number of thioether (sulfide) groups is 1. The van der Waals surface area contributed by atoms with E-state index in [1.807, 2.05) is 18.2 Å². The molecule has 0 spiro atoms. The van der Waals surface area contributed by atoms with Gasteiger partial charge >= 0.3 is 0 Å². The molecule has 0 saturated carbocycles. The summed E-state index contributed by atoms with van der Waals surface area (Å²) in [7, 11) is 0. The molecule has 0 fully saturated rings. The number of carboxylic acids is 1. The molecule has 1 N–H and O–H groups in total. The quantitative estimate of drug-likeness (QED) is 0.770. The Morgan fingerprint density at radius 3 is 2.47 bits per heavy atom. The van der Waals surface area contributed by atoms with E-state index in [1.54, 1.807) is 12.1 Å². The molecule has 80 valence electrons. The third-order valence-electron chi connectivity index (χ3n) is 1.51. The Morgan fingerprint density at radius 2 is 1.87 bits per heavy atom. The van der Waals surface area contributed by atoms with Crippen LogP contribution in [0.15, 0.2) is 30.3 Å². The number of hydrogen-bond donors (Lipinski definition) is 1. The smallest absolute Gasteiger partial charge is 0.234 e. The van der Waals surface area contributed by atoms with Crippen molar-refractivity contribution in [2.75, 3.05) is 16.8 Å². The summed E-state index contributed by atoms with van der Waals surface area (Å²) < 4.78 is 0. The molecule has 0 heterocycles. The highest BCUT2D eigenvalue weighted by molar-refractivity contribution is 8.00. The van der Waals surface area contributed by atoms with Gasteiger partial charge in [-0.1, -0.05) is 18.2 Å². The number of nitrogens with one attached hydrogen (secondary N) is 1. The molecular formula is C10H10NO3S-. The first-order valence-electron chi connectivity index (χ1n) is 4.31. The zero-order chi connectivity index (χ0) is 11.1. The topological polar surface area (TPSA) is 69.2 Å². The van der Waals surface area contributed by atoms with Crippen molar-refractivity contribution in [3.05, 3.63) is 30.3 Å². The summed E-state index contributed by atoms with van der Waals surface area (Å²) in [5, 5.41) is 12.7. The second-order valence-electron chi connectivity index (χ2n) is 2.78. The summed E-state index contributed by atoms with van der Waals surface area (Å²) >= 11 is 1.01. The zero-order valence-corrected chi connectivity index (χ0v) is 8.75. The van der Waals surface area contributed by atoms with Gasteiger partial charge in [0.15, 0.2) is 0 Å². The molecule has 15 heavy (non-hydrogen) atoms. The highest BCUT2D eigenvalue weighted by atomic mass is 32.2. The largest absolute Gasteiger partial charge is 0.549 e. The van der Waals surface area contributed by atoms with Gasteiger partial charge in [0.25, 0.3) is 0 Å². The minimum atomic E-state index is -1.16. The lowest BCUT2D eigenvalue weighted by Crippen LogP contribution is -2.25. The van der Waals surface area contributed by atoms with Gasteiger partial charge in [0.05, 0.1) is 11.7 Å². The molecule has 0 radical (unpaired) electrons. The van der Waals surface area contributed by atoms with Crippen molar-refractivity contribution < 1.29 is 14.7 Å². The lowest BCUT2D eigenvalue weighted by molar-refractivity contribution is -0.301. The molecule has 1 amide bonds. The van der Waals surface area contributed by atoms with E-state index < -0.39 is 5.97 Å². The van der Waals surface area contributed by atoms with E-state index in [4.69, 9.17) is 0 Å². The van der Waals surface area contributed by atoms with Crippen LogP contribution in [0.25, 0.3) is 0 Å². The van der Waals surface area contributed by atoms with Crippen molar-refractivity contribution in [1.29, 1.82) is 0 Å². The average molecular weight is 224 g/mol. The fraction of sp³-hybridized carbons (Fsp3) is 0.200. The first-order valence-corrected chi connectivity index (χ1v) is 5.46. The van der Waals surface area contributed by atoms with Crippen molar-refractivity contribution in [3.63, 3.8) is 0 Å². The number of amides is 1. The first kappa shape index (κ1) is 11.6. The molecule has 1 aromatic rings. The maximum Gasteiger partial charge on any atom is 0.234 e. The predicted octanol–water partition coefficient (Wildman–Crippen LogP) is 0.108. The minimum absolute atomic E-state index is 0.114. The molecular weight excluding hydrogens is 214 g/mol. The third-order valence-corrected chi connectivity index (χ3v) is 2.42. The maximum absolute atomic E-state index is 11.2. The number of benzene rings is 1. The Balaban J connectivity index is 2.28. The molecule has 0 bridgehead atoms. The first-order chi connectivity index (χ1) is 7.18. The Bertz CT molecular complexity index is 340. The van der Waals surface area contributed by atoms with Crippen molar-refractivity contribution >= 4 is 29.3 Å². The standard InChI is InChI=1S/C10H11NO3S/c12-9(6-15-7-10(13)14)11-8-4-2-1-3-5-8/h1-5H,6-7H2,(H,11,12)(H,13,14)/p-1. The summed E-state index contributed by atoms with van der Waals surface area (Å²) in [5.41, 5.74) is 0.705. The zero-order valence-electron chi connectivity index (χ0n) is 7.93. The summed E-state index contributed by atoms with van der Waals surface area (Å²) in [5.74, 6) is -1.43. The summed E-state index contributed by atoms with van der Waals surface area (Å²) in [6, 6.07) is 9.00. The van der Waals surface area contributed by atoms with E-state index in [-0.39, 0.29) is 17.4 Å². The molecule has 0 aliphatic heterocycles. The monoisotopic (exact) mass is 224 g/mol. The normalized spacial score (nSPS) is 9.60. The second kappa shape index (κ2) is 6.08. The number of hydrogen-bond acceptors (Lipinski definition) is 4. The van der Waals surface area contributed by atoms with Gasteiger partial charge in [-0.25, -0.2) is 0 Å². The number of carbonyl (C=O) groups excluding carboxylic acids is 2. The van der Waals surface area contributed by atoms with Gasteiger partial charge in [-0.15, -0.1) is 11.8 Å². The van der Waals surface area contributed by atoms with Crippen LogP contribution in [0.5, 0.6) is 0 Å². The highest BCUT2D eigenvalue weighted by Gasteiger charge is 2.01. The molecule has 0 aliphatic rings. The van der Waals surface area contributed by atoms with Crippen LogP contribution in [-0.4, -0.2) is 23.4 Å². The van der Waals surface area contributed by atoms with Crippen molar-refractivity contribution in [2.45, 2.75) is 0 Å². The number of para-hydroxylation sites is 1. The van der Waals surface area contributed by atoms with Crippen molar-refractivity contribution in [3.8, 4) is 0 Å². The van der Waals surface area contributed by atoms with Crippen molar-refractivity contribution in [1.82, 2.24) is 0 Å². The van der Waals surface area contributed by atoms with E-state index in [1.165, 1.54) is 0 Å². The van der Waals surface area contributed by atoms with Crippen LogP contribution in [0, 0.1) is 0 Å². The van der Waals surface area contributed by atoms with Gasteiger partial charge in [-0.2, -0.15) is 0 Å². The molecule has 1 rings (SSSR count). The predicted molar refractivity (Wildman–Crippen MR) is 57.4 cm³/mol. The molecule has 0 atom stereocenters. The van der Waals surface area contributed by atoms with Crippen LogP contribution in [-0.2, 0) is 9.59 Å². The summed E-state index contributed by atoms with van der Waals surface area (Å²) in [6.45, 7) is 0. The average Bonchev–Trinajstić information content (AvgIpc) is 2.18. The molecule has 0 aromatic heterocycles. The second-order valence-corrected chi connectivity index (χ2v) is 3.76. The molecule has 0 unspecified atom stereocenters. The van der Waals surface area contributed by atoms with Gasteiger partial charge in [-0.3, -0.25) is 4.79 Å². The molecule has 4 nitrogen and oxygen atoms in total. The van der Waals surface area contributed by atoms with Gasteiger partial charge < -0.3 is 15.2 Å². The Kier molecular flexibility index (Phi) is 4.70. The van der Waals surface area contributed by atoms with Crippen LogP contribution in [0.3, 0.4) is 0 Å². The van der Waals surface area contributed by atoms with Crippen LogP contribution in [0.4, 0.5) is 5.69 Å². The summed E-state index contributed by atoms with van der Waals surface area (Å²) in [4.78, 5) is 21.3. The lowest BCUT2D eigenvalue weighted by Gasteiger charge is -2.04. The van der Waals surface area contributed by atoms with E-state index in [9.17, 15) is 14.7 Å². The fourth-order valence-corrected chi connectivity index (χ4v) is 1.47. The summed E-state index contributed by atoms with van der Waals surface area (Å²) in [6.07, 6.45) is 0. The van der Waals surface area contributed by atoms with E-state index in [0.717, 1.165) is 11.8 Å². The maximum atomic E-state index is 11.2. The van der Waals surface area contributed by atoms with Crippen LogP contribution in [0.1, 0.15) is 0 Å². The Labute approximate surface area is 91.7 Å². The van der Waals surface area contributed by atoms with E-state index in [2.05, 4.69) is 5.32 Å². The minimum Gasteiger partial charge on any atom is -0.549 e. The van der Waals surface area contributed by atoms with Gasteiger partial charge in [0.2, 0.25) is 5.91 Å². The SMILES string of the molecule is O=C([O-])CSCC(=O)Nc1ccccc1. The molecule has 0 aliphatic carbocycles. The Hall–Kier alpha value is -1.49. The van der Waals surface area contributed by atoms with E-state index >= 15 is 0 Å². The molecule has 5 heteroatoms. The molecule has 0 saturated heterocycles. The van der Waals surface area contributed by atoms with Crippen LogP contribution >= 0.6 is 11.8 Å². The molecule has 1 aromatic carbocycles. The number of carbonyl (C=O) groups is 2. The number of carboxylic acid groups (broad SMARTS) is 1. The number of rotatable bonds is 5. The van der Waals surface area contributed by atoms with Gasteiger partial charge in [0.1, 0.15) is 0 Å².